The molecule has 0 aliphatic heterocycles. The molecular weight excluding hydrogens is 252 g/mol. The number of ether oxygens (including phenoxy) is 1. The summed E-state index contributed by atoms with van der Waals surface area (Å²) in [5.74, 6) is 0.550. The van der Waals surface area contributed by atoms with E-state index in [0.29, 0.717) is 11.3 Å². The highest BCUT2D eigenvalue weighted by Crippen LogP contribution is 2.15. The zero-order chi connectivity index (χ0) is 13.8. The van der Waals surface area contributed by atoms with Crippen LogP contribution in [0.5, 0.6) is 5.75 Å². The molecule has 5 nitrogen and oxygen atoms in total. The van der Waals surface area contributed by atoms with Crippen molar-refractivity contribution < 1.29 is 13.2 Å². The second-order valence-corrected chi connectivity index (χ2v) is 6.52. The Kier molecular flexibility index (Phi) is 4.72. The third kappa shape index (κ3) is 4.64. The first-order chi connectivity index (χ1) is 8.28. The summed E-state index contributed by atoms with van der Waals surface area (Å²) >= 11 is 0. The maximum Gasteiger partial charge on any atom is 0.216 e. The van der Waals surface area contributed by atoms with Gasteiger partial charge in [-0.15, -0.1) is 0 Å². The van der Waals surface area contributed by atoms with Gasteiger partial charge < -0.3 is 10.5 Å². The smallest absolute Gasteiger partial charge is 0.216 e. The zero-order valence-electron chi connectivity index (χ0n) is 10.9. The van der Waals surface area contributed by atoms with Gasteiger partial charge in [-0.05, 0) is 31.5 Å². The molecule has 0 spiro atoms. The van der Waals surface area contributed by atoms with Crippen LogP contribution in [0, 0.1) is 0 Å². The molecule has 0 saturated heterocycles. The Hall–Kier alpha value is -1.11. The van der Waals surface area contributed by atoms with E-state index in [1.165, 1.54) is 0 Å². The predicted octanol–water partition coefficient (Wildman–Crippen LogP) is 0.852. The van der Waals surface area contributed by atoms with Gasteiger partial charge in [-0.1, -0.05) is 12.1 Å². The van der Waals surface area contributed by atoms with Gasteiger partial charge in [0, 0.05) is 12.1 Å². The van der Waals surface area contributed by atoms with E-state index < -0.39 is 15.6 Å². The molecule has 0 saturated carbocycles. The van der Waals surface area contributed by atoms with E-state index in [1.54, 1.807) is 45.2 Å². The number of nitrogens with two attached hydrogens (primary N) is 1. The maximum absolute atomic E-state index is 12.0. The first-order valence-electron chi connectivity index (χ1n) is 5.63. The molecular formula is C12H20N2O3S. The standard InChI is InChI=1S/C12H20N2O3S/c1-12(2,9-13)14-18(15,16)8-10-5-4-6-11(7-10)17-3/h4-7,14H,8-9,13H2,1-3H3. The van der Waals surface area contributed by atoms with Gasteiger partial charge in [0.2, 0.25) is 10.0 Å². The largest absolute Gasteiger partial charge is 0.497 e. The first kappa shape index (κ1) is 14.9. The summed E-state index contributed by atoms with van der Waals surface area (Å²) in [6, 6.07) is 6.98. The summed E-state index contributed by atoms with van der Waals surface area (Å²) in [5, 5.41) is 0. The van der Waals surface area contributed by atoms with Crippen LogP contribution in [-0.2, 0) is 15.8 Å². The molecule has 0 amide bonds. The topological polar surface area (TPSA) is 81.4 Å². The molecule has 0 atom stereocenters. The van der Waals surface area contributed by atoms with Crippen molar-refractivity contribution in [2.24, 2.45) is 5.73 Å². The minimum atomic E-state index is -3.41. The highest BCUT2D eigenvalue weighted by molar-refractivity contribution is 7.88. The molecule has 0 aliphatic rings. The van der Waals surface area contributed by atoms with E-state index in [-0.39, 0.29) is 12.3 Å². The molecule has 0 aliphatic carbocycles. The lowest BCUT2D eigenvalue weighted by atomic mass is 10.1. The van der Waals surface area contributed by atoms with Crippen molar-refractivity contribution in [2.75, 3.05) is 13.7 Å². The highest BCUT2D eigenvalue weighted by Gasteiger charge is 2.23. The van der Waals surface area contributed by atoms with Gasteiger partial charge in [0.05, 0.1) is 12.9 Å². The fourth-order valence-electron chi connectivity index (χ4n) is 1.48. The number of methoxy groups -OCH3 is 1. The predicted molar refractivity (Wildman–Crippen MR) is 71.9 cm³/mol. The molecule has 0 unspecified atom stereocenters. The summed E-state index contributed by atoms with van der Waals surface area (Å²) in [4.78, 5) is 0. The lowest BCUT2D eigenvalue weighted by molar-refractivity contribution is 0.414. The Morgan fingerprint density at radius 3 is 2.61 bits per heavy atom. The van der Waals surface area contributed by atoms with Crippen LogP contribution in [0.15, 0.2) is 24.3 Å². The van der Waals surface area contributed by atoms with Crippen LogP contribution in [0.2, 0.25) is 0 Å². The van der Waals surface area contributed by atoms with E-state index >= 15 is 0 Å². The van der Waals surface area contributed by atoms with Crippen molar-refractivity contribution >= 4 is 10.0 Å². The minimum absolute atomic E-state index is 0.0897. The molecule has 6 heteroatoms. The van der Waals surface area contributed by atoms with Gasteiger partial charge in [0.25, 0.3) is 0 Å². The molecule has 0 fully saturated rings. The molecule has 3 N–H and O–H groups in total. The van der Waals surface area contributed by atoms with Crippen LogP contribution in [0.3, 0.4) is 0 Å². The Bertz CT molecular complexity index is 498. The van der Waals surface area contributed by atoms with Crippen LogP contribution >= 0.6 is 0 Å². The van der Waals surface area contributed by atoms with Crippen LogP contribution in [0.1, 0.15) is 19.4 Å². The summed E-state index contributed by atoms with van der Waals surface area (Å²) in [6.45, 7) is 3.73. The number of nitrogens with one attached hydrogen (secondary N) is 1. The number of benzene rings is 1. The second-order valence-electron chi connectivity index (χ2n) is 4.80. The molecule has 1 aromatic rings. The van der Waals surface area contributed by atoms with E-state index in [4.69, 9.17) is 10.5 Å². The van der Waals surface area contributed by atoms with E-state index in [1.807, 2.05) is 0 Å². The van der Waals surface area contributed by atoms with E-state index in [2.05, 4.69) is 4.72 Å². The number of rotatable bonds is 6. The molecule has 0 radical (unpaired) electrons. The van der Waals surface area contributed by atoms with Crippen LogP contribution in [0.25, 0.3) is 0 Å². The Labute approximate surface area is 108 Å². The minimum Gasteiger partial charge on any atom is -0.497 e. The van der Waals surface area contributed by atoms with Gasteiger partial charge in [-0.3, -0.25) is 0 Å². The van der Waals surface area contributed by atoms with E-state index in [0.717, 1.165) is 0 Å². The molecule has 102 valence electrons. The fourth-order valence-corrected chi connectivity index (χ4v) is 3.10. The Morgan fingerprint density at radius 2 is 2.06 bits per heavy atom. The Morgan fingerprint density at radius 1 is 1.39 bits per heavy atom. The van der Waals surface area contributed by atoms with Gasteiger partial charge in [-0.25, -0.2) is 13.1 Å². The van der Waals surface area contributed by atoms with Crippen molar-refractivity contribution in [2.45, 2.75) is 25.1 Å². The van der Waals surface area contributed by atoms with Gasteiger partial charge >= 0.3 is 0 Å². The SMILES string of the molecule is COc1cccc(CS(=O)(=O)NC(C)(C)CN)c1. The van der Waals surface area contributed by atoms with Crippen molar-refractivity contribution in [1.29, 1.82) is 0 Å². The maximum atomic E-state index is 12.0. The monoisotopic (exact) mass is 272 g/mol. The quantitative estimate of drug-likeness (QED) is 0.804. The average Bonchev–Trinajstić information content (AvgIpc) is 2.27. The van der Waals surface area contributed by atoms with Crippen molar-refractivity contribution in [3.8, 4) is 5.75 Å². The van der Waals surface area contributed by atoms with Crippen molar-refractivity contribution in [1.82, 2.24) is 4.72 Å². The van der Waals surface area contributed by atoms with Crippen LogP contribution in [0.4, 0.5) is 0 Å². The Balaban J connectivity index is 2.82. The number of sulfonamides is 1. The molecule has 1 rings (SSSR count). The zero-order valence-corrected chi connectivity index (χ0v) is 11.8. The lowest BCUT2D eigenvalue weighted by Gasteiger charge is -2.23. The molecule has 0 bridgehead atoms. The molecule has 0 aromatic heterocycles. The van der Waals surface area contributed by atoms with E-state index in [9.17, 15) is 8.42 Å². The summed E-state index contributed by atoms with van der Waals surface area (Å²) < 4.78 is 31.6. The summed E-state index contributed by atoms with van der Waals surface area (Å²) in [6.07, 6.45) is 0. The molecule has 18 heavy (non-hydrogen) atoms. The molecule has 1 aromatic carbocycles. The number of hydrogen-bond donors (Lipinski definition) is 2. The summed E-state index contributed by atoms with van der Waals surface area (Å²) in [5.41, 5.74) is 5.54. The lowest BCUT2D eigenvalue weighted by Crippen LogP contribution is -2.49. The highest BCUT2D eigenvalue weighted by atomic mass is 32.2. The van der Waals surface area contributed by atoms with Crippen molar-refractivity contribution in [3.63, 3.8) is 0 Å². The first-order valence-corrected chi connectivity index (χ1v) is 7.28. The second kappa shape index (κ2) is 5.69. The molecule has 0 heterocycles. The van der Waals surface area contributed by atoms with Crippen LogP contribution < -0.4 is 15.2 Å². The number of hydrogen-bond acceptors (Lipinski definition) is 4. The van der Waals surface area contributed by atoms with Crippen LogP contribution in [-0.4, -0.2) is 27.6 Å². The van der Waals surface area contributed by atoms with Gasteiger partial charge in [0.15, 0.2) is 0 Å². The normalized spacial score (nSPS) is 12.4. The summed E-state index contributed by atoms with van der Waals surface area (Å²) in [7, 11) is -1.87. The average molecular weight is 272 g/mol. The fraction of sp³-hybridized carbons (Fsp3) is 0.500. The third-order valence-electron chi connectivity index (χ3n) is 2.43. The van der Waals surface area contributed by atoms with Crippen molar-refractivity contribution in [3.05, 3.63) is 29.8 Å². The van der Waals surface area contributed by atoms with Gasteiger partial charge in [-0.2, -0.15) is 0 Å². The van der Waals surface area contributed by atoms with Gasteiger partial charge in [0.1, 0.15) is 5.75 Å². The third-order valence-corrected chi connectivity index (χ3v) is 4.01.